The first-order valence-electron chi connectivity index (χ1n) is 6.25. The van der Waals surface area contributed by atoms with Crippen LogP contribution in [-0.2, 0) is 4.79 Å². The molecule has 2 rings (SSSR count). The lowest BCUT2D eigenvalue weighted by molar-refractivity contribution is -0.385. The molecule has 0 radical (unpaired) electrons. The molecule has 110 valence electrons. The molecular formula is C13H18ClN3O3. The fourth-order valence-electron chi connectivity index (χ4n) is 1.98. The topological polar surface area (TPSA) is 84.3 Å². The molecule has 0 aliphatic carbocycles. The summed E-state index contributed by atoms with van der Waals surface area (Å²) in [6, 6.07) is 4.82. The Morgan fingerprint density at radius 2 is 2.15 bits per heavy atom. The van der Waals surface area contributed by atoms with Crippen molar-refractivity contribution in [3.05, 3.63) is 39.4 Å². The van der Waals surface area contributed by atoms with Crippen LogP contribution in [0.1, 0.15) is 24.1 Å². The van der Waals surface area contributed by atoms with Crippen LogP contribution in [0.4, 0.5) is 5.69 Å². The first-order chi connectivity index (χ1) is 8.99. The molecule has 2 N–H and O–H groups in total. The number of aryl methyl sites for hydroxylation is 1. The maximum atomic E-state index is 11.8. The highest BCUT2D eigenvalue weighted by Crippen LogP contribution is 2.23. The van der Waals surface area contributed by atoms with Crippen molar-refractivity contribution >= 4 is 24.0 Å². The molecule has 6 nitrogen and oxygen atoms in total. The zero-order valence-corrected chi connectivity index (χ0v) is 12.2. The highest BCUT2D eigenvalue weighted by Gasteiger charge is 2.26. The summed E-state index contributed by atoms with van der Waals surface area (Å²) in [6.07, 6.45) is 0. The molecule has 1 aromatic rings. The molecule has 20 heavy (non-hydrogen) atoms. The summed E-state index contributed by atoms with van der Waals surface area (Å²) < 4.78 is 0. The third-order valence-corrected chi connectivity index (χ3v) is 3.44. The fourth-order valence-corrected chi connectivity index (χ4v) is 1.98. The van der Waals surface area contributed by atoms with E-state index in [9.17, 15) is 14.9 Å². The summed E-state index contributed by atoms with van der Waals surface area (Å²) in [4.78, 5) is 22.3. The highest BCUT2D eigenvalue weighted by molar-refractivity contribution is 5.85. The maximum Gasteiger partial charge on any atom is 0.272 e. The Kier molecular flexibility index (Phi) is 5.47. The predicted molar refractivity (Wildman–Crippen MR) is 78.0 cm³/mol. The highest BCUT2D eigenvalue weighted by atomic mass is 35.5. The van der Waals surface area contributed by atoms with Gasteiger partial charge in [-0.05, 0) is 19.4 Å². The van der Waals surface area contributed by atoms with E-state index >= 15 is 0 Å². The number of halogens is 1. The van der Waals surface area contributed by atoms with E-state index in [1.807, 2.05) is 13.0 Å². The summed E-state index contributed by atoms with van der Waals surface area (Å²) in [5.41, 5.74) is 1.46. The van der Waals surface area contributed by atoms with Crippen LogP contribution >= 0.6 is 12.4 Å². The van der Waals surface area contributed by atoms with E-state index in [0.29, 0.717) is 18.7 Å². The quantitative estimate of drug-likeness (QED) is 0.655. The molecule has 0 spiro atoms. The Hall–Kier alpha value is -1.66. The molecule has 1 amide bonds. The van der Waals surface area contributed by atoms with Crippen molar-refractivity contribution < 1.29 is 9.72 Å². The van der Waals surface area contributed by atoms with Crippen molar-refractivity contribution in [1.29, 1.82) is 0 Å². The molecule has 1 heterocycles. The standard InChI is InChI=1S/C13H17N3O3.ClH/c1-8-3-4-10(5-12(8)16(18)19)9(2)15-13(17)11-6-14-7-11;/h3-5,9,11,14H,6-7H2,1-2H3,(H,15,17);1H. The second-order valence-corrected chi connectivity index (χ2v) is 4.89. The van der Waals surface area contributed by atoms with Gasteiger partial charge in [0.1, 0.15) is 0 Å². The normalized spacial score (nSPS) is 15.7. The van der Waals surface area contributed by atoms with Crippen molar-refractivity contribution in [1.82, 2.24) is 10.6 Å². The van der Waals surface area contributed by atoms with E-state index < -0.39 is 4.92 Å². The number of nitrogens with zero attached hydrogens (tertiary/aromatic N) is 1. The number of hydrogen-bond acceptors (Lipinski definition) is 4. The van der Waals surface area contributed by atoms with E-state index in [1.165, 1.54) is 6.07 Å². The smallest absolute Gasteiger partial charge is 0.272 e. The minimum Gasteiger partial charge on any atom is -0.349 e. The van der Waals surface area contributed by atoms with Gasteiger partial charge in [0, 0.05) is 24.7 Å². The largest absolute Gasteiger partial charge is 0.349 e. The van der Waals surface area contributed by atoms with Crippen molar-refractivity contribution in [3.63, 3.8) is 0 Å². The minimum atomic E-state index is -0.400. The number of nitro groups is 1. The SMILES string of the molecule is Cc1ccc(C(C)NC(=O)C2CNC2)cc1[N+](=O)[O-].Cl. The van der Waals surface area contributed by atoms with Crippen molar-refractivity contribution in [2.24, 2.45) is 5.92 Å². The molecule has 0 aromatic heterocycles. The fraction of sp³-hybridized carbons (Fsp3) is 0.462. The van der Waals surface area contributed by atoms with Crippen LogP contribution in [-0.4, -0.2) is 23.9 Å². The van der Waals surface area contributed by atoms with E-state index in [2.05, 4.69) is 10.6 Å². The van der Waals surface area contributed by atoms with Crippen LogP contribution in [0.25, 0.3) is 0 Å². The third-order valence-electron chi connectivity index (χ3n) is 3.44. The second-order valence-electron chi connectivity index (χ2n) is 4.89. The predicted octanol–water partition coefficient (Wildman–Crippen LogP) is 1.72. The zero-order chi connectivity index (χ0) is 14.0. The molecule has 0 saturated carbocycles. The van der Waals surface area contributed by atoms with Crippen LogP contribution in [0.15, 0.2) is 18.2 Å². The van der Waals surface area contributed by atoms with Crippen LogP contribution in [0.2, 0.25) is 0 Å². The minimum absolute atomic E-state index is 0. The van der Waals surface area contributed by atoms with Gasteiger partial charge in [0.05, 0.1) is 16.9 Å². The molecule has 1 atom stereocenters. The molecule has 1 aliphatic heterocycles. The Labute approximate surface area is 123 Å². The van der Waals surface area contributed by atoms with Crippen molar-refractivity contribution in [2.45, 2.75) is 19.9 Å². The number of nitro benzene ring substituents is 1. The number of nitrogens with one attached hydrogen (secondary N) is 2. The Balaban J connectivity index is 0.00000200. The Bertz CT molecular complexity index is 518. The van der Waals surface area contributed by atoms with Gasteiger partial charge in [-0.1, -0.05) is 12.1 Å². The van der Waals surface area contributed by atoms with Crippen LogP contribution in [0, 0.1) is 23.0 Å². The molecule has 7 heteroatoms. The van der Waals surface area contributed by atoms with Crippen LogP contribution < -0.4 is 10.6 Å². The van der Waals surface area contributed by atoms with Gasteiger partial charge < -0.3 is 10.6 Å². The van der Waals surface area contributed by atoms with Gasteiger partial charge >= 0.3 is 0 Å². The first-order valence-corrected chi connectivity index (χ1v) is 6.25. The number of carbonyl (C=O) groups is 1. The Morgan fingerprint density at radius 3 is 2.65 bits per heavy atom. The second kappa shape index (κ2) is 6.67. The number of amides is 1. The number of hydrogen-bond donors (Lipinski definition) is 2. The summed E-state index contributed by atoms with van der Waals surface area (Å²) in [6.45, 7) is 4.93. The molecule has 1 unspecified atom stereocenters. The van der Waals surface area contributed by atoms with Gasteiger partial charge in [0.2, 0.25) is 5.91 Å². The van der Waals surface area contributed by atoms with Gasteiger partial charge in [0.15, 0.2) is 0 Å². The van der Waals surface area contributed by atoms with Gasteiger partial charge in [-0.15, -0.1) is 12.4 Å². The van der Waals surface area contributed by atoms with Crippen LogP contribution in [0.3, 0.4) is 0 Å². The first kappa shape index (κ1) is 16.4. The molecule has 1 aliphatic rings. The lowest BCUT2D eigenvalue weighted by atomic mass is 10.0. The van der Waals surface area contributed by atoms with Gasteiger partial charge in [0.25, 0.3) is 5.69 Å². The summed E-state index contributed by atoms with van der Waals surface area (Å²) in [5.74, 6) is 0.0114. The van der Waals surface area contributed by atoms with Crippen LogP contribution in [0.5, 0.6) is 0 Å². The number of rotatable bonds is 4. The monoisotopic (exact) mass is 299 g/mol. The number of carbonyl (C=O) groups excluding carboxylic acids is 1. The molecule has 1 fully saturated rings. The van der Waals surface area contributed by atoms with E-state index in [-0.39, 0.29) is 36.0 Å². The zero-order valence-electron chi connectivity index (χ0n) is 11.4. The molecule has 1 saturated heterocycles. The maximum absolute atomic E-state index is 11.8. The van der Waals surface area contributed by atoms with Crippen molar-refractivity contribution in [3.8, 4) is 0 Å². The summed E-state index contributed by atoms with van der Waals surface area (Å²) in [7, 11) is 0. The third kappa shape index (κ3) is 3.46. The number of benzene rings is 1. The summed E-state index contributed by atoms with van der Waals surface area (Å²) in [5, 5.41) is 16.8. The molecule has 0 bridgehead atoms. The summed E-state index contributed by atoms with van der Waals surface area (Å²) >= 11 is 0. The van der Waals surface area contributed by atoms with Gasteiger partial charge in [-0.2, -0.15) is 0 Å². The average Bonchev–Trinajstić information content (AvgIpc) is 2.26. The van der Waals surface area contributed by atoms with Crippen molar-refractivity contribution in [2.75, 3.05) is 13.1 Å². The van der Waals surface area contributed by atoms with Gasteiger partial charge in [-0.3, -0.25) is 14.9 Å². The van der Waals surface area contributed by atoms with E-state index in [1.54, 1.807) is 13.0 Å². The van der Waals surface area contributed by atoms with E-state index in [0.717, 1.165) is 5.56 Å². The molecule has 1 aromatic carbocycles. The van der Waals surface area contributed by atoms with E-state index in [4.69, 9.17) is 0 Å². The lowest BCUT2D eigenvalue weighted by Gasteiger charge is -2.27. The van der Waals surface area contributed by atoms with Gasteiger partial charge in [-0.25, -0.2) is 0 Å². The lowest BCUT2D eigenvalue weighted by Crippen LogP contribution is -2.51. The Morgan fingerprint density at radius 1 is 1.50 bits per heavy atom. The molecular weight excluding hydrogens is 282 g/mol. The average molecular weight is 300 g/mol.